The van der Waals surface area contributed by atoms with Crippen LogP contribution in [0, 0.1) is 6.92 Å². The molecule has 0 heterocycles. The average Bonchev–Trinajstić information content (AvgIpc) is 2.38. The fourth-order valence-corrected chi connectivity index (χ4v) is 2.47. The van der Waals surface area contributed by atoms with Crippen molar-refractivity contribution < 1.29 is 0 Å². The molecule has 1 unspecified atom stereocenters. The van der Waals surface area contributed by atoms with Gasteiger partial charge < -0.3 is 5.32 Å². The van der Waals surface area contributed by atoms with E-state index in [1.54, 1.807) is 0 Å². The molecule has 1 atom stereocenters. The Morgan fingerprint density at radius 2 is 1.65 bits per heavy atom. The van der Waals surface area contributed by atoms with Gasteiger partial charge in [-0.25, -0.2) is 0 Å². The molecule has 0 saturated heterocycles. The van der Waals surface area contributed by atoms with Crippen molar-refractivity contribution in [2.24, 2.45) is 0 Å². The molecular weight excluding hydrogens is 242 g/mol. The van der Waals surface area contributed by atoms with Gasteiger partial charge in [-0.2, -0.15) is 0 Å². The van der Waals surface area contributed by atoms with Crippen LogP contribution in [0.25, 0.3) is 0 Å². The highest BCUT2D eigenvalue weighted by molar-refractivity contribution is 5.24. The van der Waals surface area contributed by atoms with Gasteiger partial charge in [0, 0.05) is 12.1 Å². The first-order valence-corrected chi connectivity index (χ1v) is 8.24. The summed E-state index contributed by atoms with van der Waals surface area (Å²) in [6, 6.07) is 9.10. The van der Waals surface area contributed by atoms with Crippen molar-refractivity contribution in [3.8, 4) is 0 Å². The Bertz CT molecular complexity index is 358. The molecule has 0 aromatic heterocycles. The van der Waals surface area contributed by atoms with Crippen LogP contribution in [0.5, 0.6) is 0 Å². The Morgan fingerprint density at radius 1 is 1.00 bits per heavy atom. The lowest BCUT2D eigenvalue weighted by Gasteiger charge is -2.26. The summed E-state index contributed by atoms with van der Waals surface area (Å²) in [7, 11) is 0. The van der Waals surface area contributed by atoms with E-state index >= 15 is 0 Å². The highest BCUT2D eigenvalue weighted by atomic mass is 14.9. The highest BCUT2D eigenvalue weighted by Gasteiger charge is 2.15. The monoisotopic (exact) mass is 275 g/mol. The van der Waals surface area contributed by atoms with E-state index < -0.39 is 0 Å². The van der Waals surface area contributed by atoms with Gasteiger partial charge in [-0.3, -0.25) is 0 Å². The molecule has 1 aromatic carbocycles. The Labute approximate surface area is 126 Å². The van der Waals surface area contributed by atoms with Gasteiger partial charge in [-0.1, -0.05) is 62.4 Å². The third-order valence-electron chi connectivity index (χ3n) is 3.83. The summed E-state index contributed by atoms with van der Waals surface area (Å²) in [6.45, 7) is 12.3. The van der Waals surface area contributed by atoms with Gasteiger partial charge in [-0.15, -0.1) is 0 Å². The Balaban J connectivity index is 2.60. The molecule has 0 aliphatic carbocycles. The van der Waals surface area contributed by atoms with E-state index in [-0.39, 0.29) is 5.54 Å². The normalized spacial score (nSPS) is 13.4. The van der Waals surface area contributed by atoms with E-state index in [1.807, 2.05) is 0 Å². The quantitative estimate of drug-likeness (QED) is 0.623. The van der Waals surface area contributed by atoms with Gasteiger partial charge in [0.25, 0.3) is 0 Å². The van der Waals surface area contributed by atoms with Crippen LogP contribution in [0.3, 0.4) is 0 Å². The molecule has 0 radical (unpaired) electrons. The van der Waals surface area contributed by atoms with Crippen molar-refractivity contribution in [3.63, 3.8) is 0 Å². The lowest BCUT2D eigenvalue weighted by molar-refractivity contribution is 0.394. The van der Waals surface area contributed by atoms with Gasteiger partial charge in [0.15, 0.2) is 0 Å². The molecule has 0 aliphatic rings. The zero-order chi connectivity index (χ0) is 15.0. The standard InChI is InChI=1S/C19H33N/c1-6-7-8-9-10-18(15-20-19(3,4)5)17-13-11-16(2)12-14-17/h11-14,18,20H,6-10,15H2,1-5H3. The number of benzene rings is 1. The molecule has 20 heavy (non-hydrogen) atoms. The summed E-state index contributed by atoms with van der Waals surface area (Å²) >= 11 is 0. The number of rotatable bonds is 8. The van der Waals surface area contributed by atoms with Crippen molar-refractivity contribution in [2.45, 2.75) is 78.2 Å². The molecular formula is C19H33N. The highest BCUT2D eigenvalue weighted by Crippen LogP contribution is 2.23. The number of hydrogen-bond donors (Lipinski definition) is 1. The molecule has 0 fully saturated rings. The first-order valence-electron chi connectivity index (χ1n) is 8.24. The van der Waals surface area contributed by atoms with Crippen molar-refractivity contribution >= 4 is 0 Å². The third-order valence-corrected chi connectivity index (χ3v) is 3.83. The number of hydrogen-bond acceptors (Lipinski definition) is 1. The minimum Gasteiger partial charge on any atom is -0.311 e. The lowest BCUT2D eigenvalue weighted by Crippen LogP contribution is -2.38. The van der Waals surface area contributed by atoms with E-state index in [0.29, 0.717) is 5.92 Å². The van der Waals surface area contributed by atoms with Crippen LogP contribution in [0.2, 0.25) is 0 Å². The van der Waals surface area contributed by atoms with Gasteiger partial charge >= 0.3 is 0 Å². The number of nitrogens with one attached hydrogen (secondary N) is 1. The lowest BCUT2D eigenvalue weighted by atomic mass is 9.91. The summed E-state index contributed by atoms with van der Waals surface area (Å²) < 4.78 is 0. The summed E-state index contributed by atoms with van der Waals surface area (Å²) in [4.78, 5) is 0. The van der Waals surface area contributed by atoms with Crippen LogP contribution in [-0.2, 0) is 0 Å². The minimum absolute atomic E-state index is 0.201. The largest absolute Gasteiger partial charge is 0.311 e. The SMILES string of the molecule is CCCCCCC(CNC(C)(C)C)c1ccc(C)cc1. The third kappa shape index (κ3) is 7.09. The Hall–Kier alpha value is -0.820. The van der Waals surface area contributed by atoms with Crippen LogP contribution in [0.4, 0.5) is 0 Å². The molecule has 0 aliphatic heterocycles. The van der Waals surface area contributed by atoms with Crippen molar-refractivity contribution in [1.82, 2.24) is 5.32 Å². The molecule has 0 spiro atoms. The molecule has 1 nitrogen and oxygen atoms in total. The Morgan fingerprint density at radius 3 is 2.20 bits per heavy atom. The summed E-state index contributed by atoms with van der Waals surface area (Å²) in [5.41, 5.74) is 3.04. The van der Waals surface area contributed by atoms with Crippen molar-refractivity contribution in [1.29, 1.82) is 0 Å². The van der Waals surface area contributed by atoms with Crippen LogP contribution in [0.15, 0.2) is 24.3 Å². The molecule has 0 saturated carbocycles. The molecule has 0 amide bonds. The Kier molecular flexibility index (Phi) is 7.29. The van der Waals surface area contributed by atoms with Gasteiger partial charge in [0.1, 0.15) is 0 Å². The van der Waals surface area contributed by atoms with Crippen LogP contribution in [-0.4, -0.2) is 12.1 Å². The van der Waals surface area contributed by atoms with Gasteiger partial charge in [0.05, 0.1) is 0 Å². The van der Waals surface area contributed by atoms with E-state index in [2.05, 4.69) is 64.2 Å². The van der Waals surface area contributed by atoms with Gasteiger partial charge in [0.2, 0.25) is 0 Å². The second-order valence-corrected chi connectivity index (χ2v) is 7.09. The van der Waals surface area contributed by atoms with E-state index in [0.717, 1.165) is 6.54 Å². The maximum atomic E-state index is 3.68. The van der Waals surface area contributed by atoms with E-state index in [4.69, 9.17) is 0 Å². The zero-order valence-electron chi connectivity index (χ0n) is 14.1. The van der Waals surface area contributed by atoms with E-state index in [9.17, 15) is 0 Å². The summed E-state index contributed by atoms with van der Waals surface area (Å²) in [5.74, 6) is 0.645. The van der Waals surface area contributed by atoms with E-state index in [1.165, 1.54) is 43.2 Å². The first kappa shape index (κ1) is 17.2. The molecule has 1 aromatic rings. The fourth-order valence-electron chi connectivity index (χ4n) is 2.47. The van der Waals surface area contributed by atoms with Crippen molar-refractivity contribution in [3.05, 3.63) is 35.4 Å². The second-order valence-electron chi connectivity index (χ2n) is 7.09. The molecule has 1 rings (SSSR count). The fraction of sp³-hybridized carbons (Fsp3) is 0.684. The maximum Gasteiger partial charge on any atom is 0.00967 e. The zero-order valence-corrected chi connectivity index (χ0v) is 14.1. The van der Waals surface area contributed by atoms with Crippen LogP contribution >= 0.6 is 0 Å². The molecule has 1 heteroatoms. The summed E-state index contributed by atoms with van der Waals surface area (Å²) in [5, 5.41) is 3.68. The second kappa shape index (κ2) is 8.46. The van der Waals surface area contributed by atoms with Gasteiger partial charge in [-0.05, 0) is 45.6 Å². The molecule has 114 valence electrons. The van der Waals surface area contributed by atoms with Crippen LogP contribution in [0.1, 0.15) is 76.8 Å². The smallest absolute Gasteiger partial charge is 0.00967 e. The number of aryl methyl sites for hydroxylation is 1. The predicted molar refractivity (Wildman–Crippen MR) is 90.4 cm³/mol. The number of unbranched alkanes of at least 4 members (excludes halogenated alkanes) is 3. The molecule has 0 bridgehead atoms. The first-order chi connectivity index (χ1) is 9.42. The molecule has 1 N–H and O–H groups in total. The summed E-state index contributed by atoms with van der Waals surface area (Å²) in [6.07, 6.45) is 6.70. The van der Waals surface area contributed by atoms with Crippen LogP contribution < -0.4 is 5.32 Å². The topological polar surface area (TPSA) is 12.0 Å². The average molecular weight is 275 g/mol. The predicted octanol–water partition coefficient (Wildman–Crippen LogP) is 5.44. The maximum absolute atomic E-state index is 3.68. The van der Waals surface area contributed by atoms with Crippen molar-refractivity contribution in [2.75, 3.05) is 6.54 Å². The minimum atomic E-state index is 0.201.